The van der Waals surface area contributed by atoms with Crippen LogP contribution in [0.3, 0.4) is 0 Å². The standard InChI is InChI=1S/C23H39N3O12/c1-2-3-4-5-6-12(21(35)25-13(23(36)37)7-10-17(30)31)24-15(28)8-9-16(29)26-22-20(34)19(33)18(32)14(11-27)38-22/h12-14,18-20,22,27,32-34H,2-11H2,1H3,(H,24,28)(H,25,35)(H,26,29)(H,30,31)(H,36,37)/t12-,13+,14-,18-,19+,20-,22-/m1/s1. The van der Waals surface area contributed by atoms with Gasteiger partial charge in [0.25, 0.3) is 0 Å². The molecule has 15 heteroatoms. The van der Waals surface area contributed by atoms with Gasteiger partial charge < -0.3 is 51.3 Å². The average Bonchev–Trinajstić information content (AvgIpc) is 2.86. The number of aliphatic hydroxyl groups is 4. The molecule has 218 valence electrons. The number of nitrogens with one attached hydrogen (secondary N) is 3. The van der Waals surface area contributed by atoms with E-state index in [2.05, 4.69) is 16.0 Å². The van der Waals surface area contributed by atoms with Crippen LogP contribution in [-0.2, 0) is 28.7 Å². The van der Waals surface area contributed by atoms with Gasteiger partial charge in [-0.25, -0.2) is 4.79 Å². The lowest BCUT2D eigenvalue weighted by Crippen LogP contribution is -2.63. The minimum atomic E-state index is -1.69. The van der Waals surface area contributed by atoms with Gasteiger partial charge in [-0.3, -0.25) is 19.2 Å². The number of aliphatic hydroxyl groups excluding tert-OH is 4. The third-order valence-corrected chi connectivity index (χ3v) is 6.03. The van der Waals surface area contributed by atoms with E-state index in [1.807, 2.05) is 6.92 Å². The van der Waals surface area contributed by atoms with E-state index >= 15 is 0 Å². The van der Waals surface area contributed by atoms with Crippen molar-refractivity contribution < 1.29 is 59.3 Å². The van der Waals surface area contributed by atoms with Crippen LogP contribution in [0.1, 0.15) is 64.7 Å². The second-order valence-electron chi connectivity index (χ2n) is 9.12. The van der Waals surface area contributed by atoms with Crippen LogP contribution in [0, 0.1) is 0 Å². The molecule has 1 aliphatic heterocycles. The molecule has 0 aromatic heterocycles. The molecule has 38 heavy (non-hydrogen) atoms. The van der Waals surface area contributed by atoms with Crippen LogP contribution in [0.25, 0.3) is 0 Å². The molecule has 1 rings (SSSR count). The highest BCUT2D eigenvalue weighted by Crippen LogP contribution is 2.19. The zero-order valence-corrected chi connectivity index (χ0v) is 21.2. The number of rotatable bonds is 17. The molecular formula is C23H39N3O12. The van der Waals surface area contributed by atoms with Crippen molar-refractivity contribution in [3.63, 3.8) is 0 Å². The summed E-state index contributed by atoms with van der Waals surface area (Å²) < 4.78 is 5.18. The van der Waals surface area contributed by atoms with Gasteiger partial charge in [-0.1, -0.05) is 32.6 Å². The normalized spacial score (nSPS) is 24.6. The molecule has 15 nitrogen and oxygen atoms in total. The Kier molecular flexibility index (Phi) is 14.7. The smallest absolute Gasteiger partial charge is 0.326 e. The van der Waals surface area contributed by atoms with Crippen molar-refractivity contribution in [1.29, 1.82) is 0 Å². The first-order chi connectivity index (χ1) is 17.9. The van der Waals surface area contributed by atoms with E-state index in [0.717, 1.165) is 19.3 Å². The fourth-order valence-electron chi connectivity index (χ4n) is 3.79. The first-order valence-corrected chi connectivity index (χ1v) is 12.5. The predicted molar refractivity (Wildman–Crippen MR) is 128 cm³/mol. The maximum absolute atomic E-state index is 12.7. The second kappa shape index (κ2) is 16.9. The van der Waals surface area contributed by atoms with Gasteiger partial charge in [0.1, 0.15) is 36.5 Å². The van der Waals surface area contributed by atoms with E-state index in [4.69, 9.17) is 9.84 Å². The second-order valence-corrected chi connectivity index (χ2v) is 9.12. The van der Waals surface area contributed by atoms with Crippen molar-refractivity contribution in [3.8, 4) is 0 Å². The van der Waals surface area contributed by atoms with Crippen LogP contribution in [0.2, 0.25) is 0 Å². The fraction of sp³-hybridized carbons (Fsp3) is 0.783. The molecule has 1 heterocycles. The zero-order chi connectivity index (χ0) is 28.8. The SMILES string of the molecule is CCCCCC[C@@H](NC(=O)CCC(=O)N[C@@H]1O[C@H](CO)[C@@H](O)[C@H](O)[C@H]1O)C(=O)N[C@@H](CCC(=O)O)C(=O)O. The summed E-state index contributed by atoms with van der Waals surface area (Å²) in [6, 6.07) is -2.57. The number of hydrogen-bond donors (Lipinski definition) is 9. The van der Waals surface area contributed by atoms with Crippen LogP contribution in [0.15, 0.2) is 0 Å². The average molecular weight is 550 g/mol. The summed E-state index contributed by atoms with van der Waals surface area (Å²) in [5, 5.41) is 63.9. The third-order valence-electron chi connectivity index (χ3n) is 6.03. The van der Waals surface area contributed by atoms with Gasteiger partial charge in [-0.2, -0.15) is 0 Å². The van der Waals surface area contributed by atoms with Gasteiger partial charge in [0.15, 0.2) is 6.23 Å². The van der Waals surface area contributed by atoms with Gasteiger partial charge in [-0.15, -0.1) is 0 Å². The molecule has 0 aliphatic carbocycles. The monoisotopic (exact) mass is 549 g/mol. The Bertz CT molecular complexity index is 809. The highest BCUT2D eigenvalue weighted by atomic mass is 16.6. The lowest BCUT2D eigenvalue weighted by atomic mass is 9.98. The number of hydrogen-bond acceptors (Lipinski definition) is 10. The van der Waals surface area contributed by atoms with Crippen molar-refractivity contribution >= 4 is 29.7 Å². The van der Waals surface area contributed by atoms with Crippen molar-refractivity contribution in [2.45, 2.75) is 107 Å². The molecule has 0 unspecified atom stereocenters. The molecule has 1 fully saturated rings. The summed E-state index contributed by atoms with van der Waals surface area (Å²) in [6.07, 6.45) is -5.94. The van der Waals surface area contributed by atoms with Crippen LogP contribution < -0.4 is 16.0 Å². The van der Waals surface area contributed by atoms with Crippen LogP contribution in [0.4, 0.5) is 0 Å². The minimum Gasteiger partial charge on any atom is -0.481 e. The third kappa shape index (κ3) is 11.3. The highest BCUT2D eigenvalue weighted by Gasteiger charge is 2.44. The fourth-order valence-corrected chi connectivity index (χ4v) is 3.79. The van der Waals surface area contributed by atoms with Crippen molar-refractivity contribution in [1.82, 2.24) is 16.0 Å². The minimum absolute atomic E-state index is 0.194. The molecule has 9 N–H and O–H groups in total. The molecular weight excluding hydrogens is 510 g/mol. The molecule has 0 spiro atoms. The van der Waals surface area contributed by atoms with Crippen LogP contribution in [-0.4, -0.2) is 110 Å². The van der Waals surface area contributed by atoms with E-state index in [1.54, 1.807) is 0 Å². The Morgan fingerprint density at radius 1 is 0.789 bits per heavy atom. The number of ether oxygens (including phenoxy) is 1. The molecule has 3 amide bonds. The number of amides is 3. The summed E-state index contributed by atoms with van der Waals surface area (Å²) in [5.74, 6) is -4.88. The van der Waals surface area contributed by atoms with Crippen molar-refractivity contribution in [3.05, 3.63) is 0 Å². The Morgan fingerprint density at radius 2 is 1.45 bits per heavy atom. The number of carboxylic acids is 2. The summed E-state index contributed by atoms with van der Waals surface area (Å²) in [4.78, 5) is 59.7. The summed E-state index contributed by atoms with van der Waals surface area (Å²) >= 11 is 0. The number of carboxylic acid groups (broad SMARTS) is 2. The number of carbonyl (C=O) groups excluding carboxylic acids is 3. The van der Waals surface area contributed by atoms with Gasteiger partial charge >= 0.3 is 11.9 Å². The predicted octanol–water partition coefficient (Wildman–Crippen LogP) is -2.43. The summed E-state index contributed by atoms with van der Waals surface area (Å²) in [5.41, 5.74) is 0. The molecule has 0 saturated carbocycles. The first kappa shape index (κ1) is 33.2. The Labute approximate surface area is 219 Å². The maximum Gasteiger partial charge on any atom is 0.326 e. The van der Waals surface area contributed by atoms with Crippen LogP contribution in [0.5, 0.6) is 0 Å². The molecule has 0 aromatic rings. The zero-order valence-electron chi connectivity index (χ0n) is 21.2. The van der Waals surface area contributed by atoms with Crippen LogP contribution >= 0.6 is 0 Å². The van der Waals surface area contributed by atoms with E-state index in [1.165, 1.54) is 0 Å². The maximum atomic E-state index is 12.7. The molecule has 7 atom stereocenters. The molecule has 0 radical (unpaired) electrons. The molecule has 0 aromatic carbocycles. The van der Waals surface area contributed by atoms with Gasteiger partial charge in [0.2, 0.25) is 17.7 Å². The highest BCUT2D eigenvalue weighted by molar-refractivity contribution is 5.91. The van der Waals surface area contributed by atoms with Gasteiger partial charge in [0.05, 0.1) is 6.61 Å². The van der Waals surface area contributed by atoms with Crippen molar-refractivity contribution in [2.24, 2.45) is 0 Å². The first-order valence-electron chi connectivity index (χ1n) is 12.5. The Balaban J connectivity index is 2.70. The molecule has 1 aliphatic rings. The summed E-state index contributed by atoms with van der Waals surface area (Å²) in [7, 11) is 0. The topological polar surface area (TPSA) is 252 Å². The van der Waals surface area contributed by atoms with E-state index < -0.39 is 91.8 Å². The number of aliphatic carboxylic acids is 2. The van der Waals surface area contributed by atoms with Gasteiger partial charge in [-0.05, 0) is 12.8 Å². The summed E-state index contributed by atoms with van der Waals surface area (Å²) in [6.45, 7) is 1.31. The van der Waals surface area contributed by atoms with Crippen molar-refractivity contribution in [2.75, 3.05) is 6.61 Å². The Morgan fingerprint density at radius 3 is 2.03 bits per heavy atom. The largest absolute Gasteiger partial charge is 0.481 e. The molecule has 0 bridgehead atoms. The lowest BCUT2D eigenvalue weighted by molar-refractivity contribution is -0.236. The Hall–Kier alpha value is -2.85. The lowest BCUT2D eigenvalue weighted by Gasteiger charge is -2.40. The van der Waals surface area contributed by atoms with E-state index in [9.17, 15) is 49.5 Å². The number of unbranched alkanes of at least 4 members (excludes halogenated alkanes) is 3. The molecule has 1 saturated heterocycles. The van der Waals surface area contributed by atoms with E-state index in [0.29, 0.717) is 6.42 Å². The number of carbonyl (C=O) groups is 5. The van der Waals surface area contributed by atoms with Gasteiger partial charge in [0, 0.05) is 19.3 Å². The quantitative estimate of drug-likeness (QED) is 0.0859. The van der Waals surface area contributed by atoms with E-state index in [-0.39, 0.29) is 19.3 Å².